The lowest BCUT2D eigenvalue weighted by atomic mass is 10.1. The third-order valence-corrected chi connectivity index (χ3v) is 3.58. The van der Waals surface area contributed by atoms with Gasteiger partial charge in [-0.1, -0.05) is 35.3 Å². The summed E-state index contributed by atoms with van der Waals surface area (Å²) < 4.78 is 5.12. The molecule has 120 valence electrons. The molecule has 7 heteroatoms. The molecule has 1 amide bonds. The standard InChI is InChI=1S/C16H13Cl2NO4/c1-23-15-12(18)7-10(16(21)22)8-13(15)19-14(20)6-9-2-4-11(17)5-3-9/h2-5,7-8H,6H2,1H3,(H,19,20)(H,21,22). The first-order chi connectivity index (χ1) is 10.9. The maximum atomic E-state index is 12.1. The van der Waals surface area contributed by atoms with E-state index in [2.05, 4.69) is 5.32 Å². The summed E-state index contributed by atoms with van der Waals surface area (Å²) in [5.41, 5.74) is 0.931. The molecule has 0 heterocycles. The summed E-state index contributed by atoms with van der Waals surface area (Å²) in [6.45, 7) is 0. The van der Waals surface area contributed by atoms with E-state index in [1.54, 1.807) is 24.3 Å². The molecule has 0 saturated carbocycles. The van der Waals surface area contributed by atoms with Crippen molar-refractivity contribution in [2.75, 3.05) is 12.4 Å². The van der Waals surface area contributed by atoms with Gasteiger partial charge >= 0.3 is 5.97 Å². The van der Waals surface area contributed by atoms with Crippen LogP contribution in [0, 0.1) is 0 Å². The Morgan fingerprint density at radius 2 is 1.83 bits per heavy atom. The Balaban J connectivity index is 2.22. The number of rotatable bonds is 5. The highest BCUT2D eigenvalue weighted by Crippen LogP contribution is 2.34. The van der Waals surface area contributed by atoms with E-state index in [0.717, 1.165) is 5.56 Å². The number of carboxylic acids is 1. The van der Waals surface area contributed by atoms with Gasteiger partial charge in [-0.05, 0) is 29.8 Å². The summed E-state index contributed by atoms with van der Waals surface area (Å²) in [7, 11) is 1.39. The minimum atomic E-state index is -1.15. The number of carboxylic acid groups (broad SMARTS) is 1. The number of aromatic carboxylic acids is 1. The number of nitrogens with one attached hydrogen (secondary N) is 1. The second-order valence-corrected chi connectivity index (χ2v) is 5.54. The second-order valence-electron chi connectivity index (χ2n) is 4.70. The van der Waals surface area contributed by atoms with E-state index in [1.807, 2.05) is 0 Å². The van der Waals surface area contributed by atoms with E-state index in [-0.39, 0.29) is 34.4 Å². The van der Waals surface area contributed by atoms with Gasteiger partial charge in [-0.2, -0.15) is 0 Å². The smallest absolute Gasteiger partial charge is 0.335 e. The van der Waals surface area contributed by atoms with Gasteiger partial charge in [-0.3, -0.25) is 4.79 Å². The van der Waals surface area contributed by atoms with Crippen molar-refractivity contribution in [2.45, 2.75) is 6.42 Å². The molecule has 0 radical (unpaired) electrons. The highest BCUT2D eigenvalue weighted by Gasteiger charge is 2.16. The largest absolute Gasteiger partial charge is 0.493 e. The van der Waals surface area contributed by atoms with Gasteiger partial charge in [0.2, 0.25) is 5.91 Å². The first-order valence-corrected chi connectivity index (χ1v) is 7.31. The third-order valence-electron chi connectivity index (χ3n) is 3.05. The molecule has 23 heavy (non-hydrogen) atoms. The van der Waals surface area contributed by atoms with E-state index < -0.39 is 5.97 Å². The number of carbonyl (C=O) groups is 2. The first kappa shape index (κ1) is 17.1. The summed E-state index contributed by atoms with van der Waals surface area (Å²) in [6.07, 6.45) is 0.106. The molecule has 2 N–H and O–H groups in total. The zero-order valence-corrected chi connectivity index (χ0v) is 13.6. The van der Waals surface area contributed by atoms with Crippen molar-refractivity contribution in [3.8, 4) is 5.75 Å². The van der Waals surface area contributed by atoms with Crippen LogP contribution in [0.5, 0.6) is 5.75 Å². The Kier molecular flexibility index (Phi) is 5.47. The maximum Gasteiger partial charge on any atom is 0.335 e. The van der Waals surface area contributed by atoms with Crippen LogP contribution in [0.1, 0.15) is 15.9 Å². The highest BCUT2D eigenvalue weighted by atomic mass is 35.5. The summed E-state index contributed by atoms with van der Waals surface area (Å²) in [6, 6.07) is 9.41. The fraction of sp³-hybridized carbons (Fsp3) is 0.125. The molecular weight excluding hydrogens is 341 g/mol. The minimum Gasteiger partial charge on any atom is -0.493 e. The molecule has 0 atom stereocenters. The van der Waals surface area contributed by atoms with Crippen LogP contribution in [-0.2, 0) is 11.2 Å². The van der Waals surface area contributed by atoms with Crippen LogP contribution in [0.2, 0.25) is 10.0 Å². The lowest BCUT2D eigenvalue weighted by molar-refractivity contribution is -0.115. The summed E-state index contributed by atoms with van der Waals surface area (Å²) in [5.74, 6) is -1.27. The van der Waals surface area contributed by atoms with Gasteiger partial charge < -0.3 is 15.2 Å². The molecule has 2 aromatic rings. The highest BCUT2D eigenvalue weighted by molar-refractivity contribution is 6.33. The predicted octanol–water partition coefficient (Wildman–Crippen LogP) is 3.88. The zero-order chi connectivity index (χ0) is 17.0. The topological polar surface area (TPSA) is 75.6 Å². The van der Waals surface area contributed by atoms with Crippen LogP contribution in [0.15, 0.2) is 36.4 Å². The van der Waals surface area contributed by atoms with Gasteiger partial charge in [0, 0.05) is 5.02 Å². The average molecular weight is 354 g/mol. The van der Waals surface area contributed by atoms with Crippen molar-refractivity contribution < 1.29 is 19.4 Å². The van der Waals surface area contributed by atoms with E-state index in [1.165, 1.54) is 19.2 Å². The fourth-order valence-corrected chi connectivity index (χ4v) is 2.42. The Morgan fingerprint density at radius 1 is 1.17 bits per heavy atom. The van der Waals surface area contributed by atoms with Gasteiger partial charge in [0.25, 0.3) is 0 Å². The number of amides is 1. The SMILES string of the molecule is COc1c(Cl)cc(C(=O)O)cc1NC(=O)Cc1ccc(Cl)cc1. The first-order valence-electron chi connectivity index (χ1n) is 6.56. The number of halogens is 2. The van der Waals surface area contributed by atoms with Gasteiger partial charge in [-0.25, -0.2) is 4.79 Å². The van der Waals surface area contributed by atoms with Crippen LogP contribution in [0.3, 0.4) is 0 Å². The molecule has 2 aromatic carbocycles. The Labute approximate surface area is 142 Å². The van der Waals surface area contributed by atoms with Crippen LogP contribution in [0.4, 0.5) is 5.69 Å². The van der Waals surface area contributed by atoms with Gasteiger partial charge in [0.05, 0.1) is 29.8 Å². The van der Waals surface area contributed by atoms with Crippen LogP contribution in [0.25, 0.3) is 0 Å². The quantitative estimate of drug-likeness (QED) is 0.854. The maximum absolute atomic E-state index is 12.1. The molecule has 0 aliphatic carbocycles. The van der Waals surface area contributed by atoms with Crippen molar-refractivity contribution in [3.05, 3.63) is 57.6 Å². The average Bonchev–Trinajstić information content (AvgIpc) is 2.49. The number of hydrogen-bond acceptors (Lipinski definition) is 3. The molecule has 0 spiro atoms. The van der Waals surface area contributed by atoms with Crippen molar-refractivity contribution in [2.24, 2.45) is 0 Å². The second kappa shape index (κ2) is 7.35. The van der Waals surface area contributed by atoms with Gasteiger partial charge in [0.15, 0.2) is 5.75 Å². The number of benzene rings is 2. The van der Waals surface area contributed by atoms with Crippen LogP contribution < -0.4 is 10.1 Å². The third kappa shape index (κ3) is 4.37. The van der Waals surface area contributed by atoms with Crippen LogP contribution >= 0.6 is 23.2 Å². The van der Waals surface area contributed by atoms with Gasteiger partial charge in [-0.15, -0.1) is 0 Å². The number of hydrogen-bond donors (Lipinski definition) is 2. The minimum absolute atomic E-state index is 0.0439. The van der Waals surface area contributed by atoms with Crippen molar-refractivity contribution >= 4 is 40.8 Å². The zero-order valence-electron chi connectivity index (χ0n) is 12.1. The van der Waals surface area contributed by atoms with Crippen LogP contribution in [-0.4, -0.2) is 24.1 Å². The normalized spacial score (nSPS) is 10.2. The molecule has 5 nitrogen and oxygen atoms in total. The molecule has 0 bridgehead atoms. The van der Waals surface area contributed by atoms with Crippen molar-refractivity contribution in [1.82, 2.24) is 0 Å². The summed E-state index contributed by atoms with van der Waals surface area (Å²) in [5, 5.41) is 12.4. The Morgan fingerprint density at radius 3 is 2.39 bits per heavy atom. The molecule has 0 aromatic heterocycles. The number of carbonyl (C=O) groups excluding carboxylic acids is 1. The Bertz CT molecular complexity index is 744. The molecule has 0 aliphatic rings. The number of ether oxygens (including phenoxy) is 1. The van der Waals surface area contributed by atoms with E-state index >= 15 is 0 Å². The lowest BCUT2D eigenvalue weighted by Crippen LogP contribution is -2.15. The van der Waals surface area contributed by atoms with E-state index in [0.29, 0.717) is 5.02 Å². The summed E-state index contributed by atoms with van der Waals surface area (Å²) >= 11 is 11.8. The summed E-state index contributed by atoms with van der Waals surface area (Å²) in [4.78, 5) is 23.2. The van der Waals surface area contributed by atoms with Crippen molar-refractivity contribution in [1.29, 1.82) is 0 Å². The molecule has 0 fully saturated rings. The molecular formula is C16H13Cl2NO4. The fourth-order valence-electron chi connectivity index (χ4n) is 2.00. The molecule has 0 unspecified atom stereocenters. The molecule has 0 saturated heterocycles. The molecule has 2 rings (SSSR count). The molecule has 0 aliphatic heterocycles. The lowest BCUT2D eigenvalue weighted by Gasteiger charge is -2.13. The van der Waals surface area contributed by atoms with Crippen molar-refractivity contribution in [3.63, 3.8) is 0 Å². The number of anilines is 1. The predicted molar refractivity (Wildman–Crippen MR) is 88.7 cm³/mol. The number of methoxy groups -OCH3 is 1. The monoisotopic (exact) mass is 353 g/mol. The van der Waals surface area contributed by atoms with E-state index in [9.17, 15) is 9.59 Å². The Hall–Kier alpha value is -2.24. The van der Waals surface area contributed by atoms with Gasteiger partial charge in [0.1, 0.15) is 0 Å². The van der Waals surface area contributed by atoms with E-state index in [4.69, 9.17) is 33.0 Å².